The Kier molecular flexibility index (Phi) is 6.80. The van der Waals surface area contributed by atoms with Crippen LogP contribution in [0.5, 0.6) is 11.5 Å². The van der Waals surface area contributed by atoms with Crippen molar-refractivity contribution >= 4 is 29.0 Å². The van der Waals surface area contributed by atoms with E-state index < -0.39 is 17.3 Å². The molecule has 9 nitrogen and oxygen atoms in total. The van der Waals surface area contributed by atoms with Gasteiger partial charge in [-0.15, -0.1) is 0 Å². The average molecular weight is 552 g/mol. The fourth-order valence-electron chi connectivity index (χ4n) is 4.54. The summed E-state index contributed by atoms with van der Waals surface area (Å²) in [6.07, 6.45) is 5.68. The van der Waals surface area contributed by atoms with Gasteiger partial charge in [-0.1, -0.05) is 25.1 Å². The van der Waals surface area contributed by atoms with Gasteiger partial charge in [-0.2, -0.15) is 0 Å². The highest BCUT2D eigenvalue weighted by molar-refractivity contribution is 6.04. The maximum atomic E-state index is 15.0. The van der Waals surface area contributed by atoms with E-state index in [1.54, 1.807) is 47.1 Å². The summed E-state index contributed by atoms with van der Waals surface area (Å²) in [6, 6.07) is 19.7. The van der Waals surface area contributed by atoms with Crippen molar-refractivity contribution < 1.29 is 18.7 Å². The molecular formula is C31H26FN5O4. The molecule has 2 aromatic carbocycles. The highest BCUT2D eigenvalue weighted by Crippen LogP contribution is 2.31. The van der Waals surface area contributed by atoms with E-state index in [1.165, 1.54) is 22.8 Å². The van der Waals surface area contributed by atoms with E-state index in [0.717, 1.165) is 24.6 Å². The summed E-state index contributed by atoms with van der Waals surface area (Å²) in [7, 11) is 0. The summed E-state index contributed by atoms with van der Waals surface area (Å²) in [6.45, 7) is 1.93. The number of aromatic nitrogens is 3. The number of nitrogens with one attached hydrogen (secondary N) is 2. The molecule has 6 rings (SSSR count). The molecule has 0 unspecified atom stereocenters. The second-order valence-electron chi connectivity index (χ2n) is 9.79. The van der Waals surface area contributed by atoms with Crippen molar-refractivity contribution in [1.29, 1.82) is 0 Å². The Bertz CT molecular complexity index is 1840. The van der Waals surface area contributed by atoms with Crippen molar-refractivity contribution in [3.05, 3.63) is 113 Å². The molecule has 1 saturated carbocycles. The van der Waals surface area contributed by atoms with Crippen LogP contribution in [0.3, 0.4) is 0 Å². The number of halogens is 1. The minimum absolute atomic E-state index is 0.0426. The van der Waals surface area contributed by atoms with Gasteiger partial charge in [-0.05, 0) is 67.8 Å². The van der Waals surface area contributed by atoms with Crippen LogP contribution in [0, 0.1) is 11.7 Å². The van der Waals surface area contributed by atoms with Gasteiger partial charge in [-0.25, -0.2) is 9.37 Å². The first-order chi connectivity index (χ1) is 19.9. The van der Waals surface area contributed by atoms with Crippen molar-refractivity contribution in [3.63, 3.8) is 0 Å². The Morgan fingerprint density at radius 2 is 1.80 bits per heavy atom. The lowest BCUT2D eigenvalue weighted by molar-refractivity contribution is -0.117. The van der Waals surface area contributed by atoms with Crippen LogP contribution in [0.15, 0.2) is 90.0 Å². The summed E-state index contributed by atoms with van der Waals surface area (Å²) in [5.41, 5.74) is 1.67. The molecule has 0 atom stereocenters. The molecule has 0 radical (unpaired) electrons. The molecule has 41 heavy (non-hydrogen) atoms. The Balaban J connectivity index is 1.18. The second kappa shape index (κ2) is 10.7. The summed E-state index contributed by atoms with van der Waals surface area (Å²) in [5.74, 6) is -0.598. The number of benzene rings is 2. The predicted octanol–water partition coefficient (Wildman–Crippen LogP) is 5.58. The standard InChI is InChI=1S/C31H26FN5O4/c1-2-21-11-13-24(31(40)37(21)22-6-4-3-5-7-22)30(39)33-20-10-14-26(25(32)16-20)41-23-12-15-28-34-27(18-36(28)17-23)35-29(38)19-8-9-19/h3-7,10-19H,2,8-9H2,1H3,(H,33,39)(H,35,38). The van der Waals surface area contributed by atoms with Gasteiger partial charge in [0.25, 0.3) is 11.5 Å². The molecule has 0 spiro atoms. The minimum Gasteiger partial charge on any atom is -0.453 e. The molecule has 206 valence electrons. The van der Waals surface area contributed by atoms with Crippen LogP contribution in [0.4, 0.5) is 15.9 Å². The molecule has 2 N–H and O–H groups in total. The predicted molar refractivity (Wildman–Crippen MR) is 152 cm³/mol. The number of imidazole rings is 1. The third-order valence-electron chi connectivity index (χ3n) is 6.83. The minimum atomic E-state index is -0.700. The highest BCUT2D eigenvalue weighted by Gasteiger charge is 2.30. The van der Waals surface area contributed by atoms with Crippen LogP contribution < -0.4 is 20.9 Å². The maximum absolute atomic E-state index is 15.0. The monoisotopic (exact) mass is 551 g/mol. The first-order valence-corrected chi connectivity index (χ1v) is 13.3. The average Bonchev–Trinajstić information content (AvgIpc) is 3.75. The number of hydrogen-bond donors (Lipinski definition) is 2. The third-order valence-corrected chi connectivity index (χ3v) is 6.83. The van der Waals surface area contributed by atoms with E-state index in [2.05, 4.69) is 15.6 Å². The first-order valence-electron chi connectivity index (χ1n) is 13.3. The molecule has 2 amide bonds. The van der Waals surface area contributed by atoms with Gasteiger partial charge >= 0.3 is 0 Å². The largest absolute Gasteiger partial charge is 0.453 e. The van der Waals surface area contributed by atoms with Crippen LogP contribution >= 0.6 is 0 Å². The molecule has 1 aliphatic carbocycles. The molecule has 0 bridgehead atoms. The van der Waals surface area contributed by atoms with E-state index in [1.807, 2.05) is 25.1 Å². The van der Waals surface area contributed by atoms with Crippen LogP contribution in [0.1, 0.15) is 35.8 Å². The van der Waals surface area contributed by atoms with E-state index in [9.17, 15) is 18.8 Å². The number of nitrogens with zero attached hydrogens (tertiary/aromatic N) is 3. The topological polar surface area (TPSA) is 107 Å². The van der Waals surface area contributed by atoms with E-state index in [4.69, 9.17) is 4.74 Å². The van der Waals surface area contributed by atoms with Gasteiger partial charge in [0.1, 0.15) is 17.0 Å². The number of hydrogen-bond acceptors (Lipinski definition) is 5. The van der Waals surface area contributed by atoms with Crippen molar-refractivity contribution in [2.24, 2.45) is 5.92 Å². The van der Waals surface area contributed by atoms with Crippen molar-refractivity contribution in [2.75, 3.05) is 10.6 Å². The lowest BCUT2D eigenvalue weighted by atomic mass is 10.1. The Labute approximate surface area is 234 Å². The normalized spacial score (nSPS) is 12.7. The van der Waals surface area contributed by atoms with Gasteiger partial charge in [-0.3, -0.25) is 19.0 Å². The lowest BCUT2D eigenvalue weighted by Gasteiger charge is -2.14. The molecule has 0 saturated heterocycles. The molecule has 3 heterocycles. The fourth-order valence-corrected chi connectivity index (χ4v) is 4.54. The van der Waals surface area contributed by atoms with E-state index >= 15 is 0 Å². The smallest absolute Gasteiger partial charge is 0.268 e. The zero-order chi connectivity index (χ0) is 28.5. The van der Waals surface area contributed by atoms with Crippen LogP contribution in [0.2, 0.25) is 0 Å². The number of amides is 2. The number of pyridine rings is 2. The molecular weight excluding hydrogens is 525 g/mol. The Hall–Kier alpha value is -5.25. The summed E-state index contributed by atoms with van der Waals surface area (Å²) >= 11 is 0. The number of aryl methyl sites for hydroxylation is 1. The quantitative estimate of drug-likeness (QED) is 0.262. The number of ether oxygens (including phenoxy) is 1. The van der Waals surface area contributed by atoms with Gasteiger partial charge in [0.2, 0.25) is 5.91 Å². The molecule has 1 fully saturated rings. The number of fused-ring (bicyclic) bond motifs is 1. The zero-order valence-electron chi connectivity index (χ0n) is 22.1. The van der Waals surface area contributed by atoms with Gasteiger partial charge in [0.15, 0.2) is 17.4 Å². The summed E-state index contributed by atoms with van der Waals surface area (Å²) in [5, 5.41) is 5.41. The molecule has 3 aromatic heterocycles. The number of para-hydroxylation sites is 1. The van der Waals surface area contributed by atoms with Gasteiger partial charge in [0, 0.05) is 29.1 Å². The number of carbonyl (C=O) groups is 2. The van der Waals surface area contributed by atoms with Crippen molar-refractivity contribution in [1.82, 2.24) is 14.0 Å². The molecule has 10 heteroatoms. The van der Waals surface area contributed by atoms with E-state index in [0.29, 0.717) is 29.3 Å². The number of carbonyl (C=O) groups excluding carboxylic acids is 2. The van der Waals surface area contributed by atoms with Crippen molar-refractivity contribution in [2.45, 2.75) is 26.2 Å². The summed E-state index contributed by atoms with van der Waals surface area (Å²) < 4.78 is 23.9. The molecule has 1 aliphatic rings. The molecule has 0 aliphatic heterocycles. The van der Waals surface area contributed by atoms with Crippen LogP contribution in [-0.2, 0) is 11.2 Å². The summed E-state index contributed by atoms with van der Waals surface area (Å²) in [4.78, 5) is 42.7. The Morgan fingerprint density at radius 3 is 2.54 bits per heavy atom. The third kappa shape index (κ3) is 5.44. The number of anilines is 2. The van der Waals surface area contributed by atoms with Gasteiger partial charge in [0.05, 0.1) is 12.4 Å². The first kappa shape index (κ1) is 26.0. The van der Waals surface area contributed by atoms with Crippen LogP contribution in [0.25, 0.3) is 11.3 Å². The SMILES string of the molecule is CCc1ccc(C(=O)Nc2ccc(Oc3ccc4nc(NC(=O)C5CC5)cn4c3)c(F)c2)c(=O)n1-c1ccccc1. The maximum Gasteiger partial charge on any atom is 0.268 e. The van der Waals surface area contributed by atoms with Crippen LogP contribution in [-0.4, -0.2) is 25.8 Å². The van der Waals surface area contributed by atoms with Gasteiger partial charge < -0.3 is 19.8 Å². The van der Waals surface area contributed by atoms with E-state index in [-0.39, 0.29) is 28.8 Å². The Morgan fingerprint density at radius 1 is 1.00 bits per heavy atom. The highest BCUT2D eigenvalue weighted by atomic mass is 19.1. The number of rotatable bonds is 8. The molecule has 5 aromatic rings. The van der Waals surface area contributed by atoms with Crippen molar-refractivity contribution in [3.8, 4) is 17.2 Å². The second-order valence-corrected chi connectivity index (χ2v) is 9.79. The lowest BCUT2D eigenvalue weighted by Crippen LogP contribution is -2.30. The zero-order valence-corrected chi connectivity index (χ0v) is 22.1. The fraction of sp³-hybridized carbons (Fsp3) is 0.161.